The van der Waals surface area contributed by atoms with E-state index in [1.807, 2.05) is 30.3 Å². The summed E-state index contributed by atoms with van der Waals surface area (Å²) in [7, 11) is 0. The van der Waals surface area contributed by atoms with E-state index in [1.165, 1.54) is 4.90 Å². The summed E-state index contributed by atoms with van der Waals surface area (Å²) in [6.45, 7) is 3.52. The molecule has 0 radical (unpaired) electrons. The second-order valence-corrected chi connectivity index (χ2v) is 8.98. The smallest absolute Gasteiger partial charge is 0.338 e. The van der Waals surface area contributed by atoms with Gasteiger partial charge in [0.1, 0.15) is 5.76 Å². The molecule has 1 N–H and O–H groups in total. The van der Waals surface area contributed by atoms with Crippen molar-refractivity contribution in [3.8, 4) is 0 Å². The lowest BCUT2D eigenvalue weighted by Crippen LogP contribution is -2.29. The number of aliphatic hydroxyl groups excluding tert-OH is 1. The predicted octanol–water partition coefficient (Wildman–Crippen LogP) is 5.43. The van der Waals surface area contributed by atoms with Gasteiger partial charge in [-0.25, -0.2) is 4.79 Å². The van der Waals surface area contributed by atoms with Crippen molar-refractivity contribution in [3.63, 3.8) is 0 Å². The number of carbonyl (C=O) groups excluding carboxylic acids is 3. The Balaban J connectivity index is 1.66. The summed E-state index contributed by atoms with van der Waals surface area (Å²) in [6, 6.07) is 21.7. The zero-order valence-electron chi connectivity index (χ0n) is 20.3. The van der Waals surface area contributed by atoms with Crippen molar-refractivity contribution >= 4 is 39.9 Å². The first-order valence-electron chi connectivity index (χ1n) is 11.9. The highest BCUT2D eigenvalue weighted by atomic mass is 16.5. The number of hydrogen-bond acceptors (Lipinski definition) is 6. The molecule has 0 spiro atoms. The Morgan fingerprint density at radius 1 is 0.919 bits per heavy atom. The summed E-state index contributed by atoms with van der Waals surface area (Å²) in [4.78, 5) is 44.5. The van der Waals surface area contributed by atoms with Gasteiger partial charge in [-0.15, -0.1) is 0 Å². The van der Waals surface area contributed by atoms with Crippen LogP contribution in [0.15, 0.2) is 96.8 Å². The number of pyridine rings is 1. The molecule has 0 aliphatic carbocycles. The van der Waals surface area contributed by atoms with Crippen LogP contribution in [0.5, 0.6) is 0 Å². The maximum absolute atomic E-state index is 13.4. The van der Waals surface area contributed by atoms with Crippen molar-refractivity contribution in [2.24, 2.45) is 0 Å². The Morgan fingerprint density at radius 2 is 1.59 bits per heavy atom. The number of ketones is 1. The normalized spacial score (nSPS) is 16.9. The fourth-order valence-corrected chi connectivity index (χ4v) is 4.58. The lowest BCUT2D eigenvalue weighted by molar-refractivity contribution is -0.132. The monoisotopic (exact) mass is 492 g/mol. The molecule has 0 saturated carbocycles. The van der Waals surface area contributed by atoms with E-state index in [0.717, 1.165) is 10.8 Å². The molecule has 7 nitrogen and oxygen atoms in total. The minimum atomic E-state index is -0.893. The predicted molar refractivity (Wildman–Crippen MR) is 140 cm³/mol. The minimum absolute atomic E-state index is 0.0177. The average Bonchev–Trinajstić information content (AvgIpc) is 3.18. The van der Waals surface area contributed by atoms with Crippen LogP contribution in [0.4, 0.5) is 5.69 Å². The van der Waals surface area contributed by atoms with E-state index in [0.29, 0.717) is 22.4 Å². The van der Waals surface area contributed by atoms with Crippen LogP contribution >= 0.6 is 0 Å². The molecule has 1 aliphatic rings. The molecule has 1 amide bonds. The van der Waals surface area contributed by atoms with Crippen LogP contribution in [0.2, 0.25) is 0 Å². The van der Waals surface area contributed by atoms with Crippen molar-refractivity contribution in [1.82, 2.24) is 4.98 Å². The number of benzene rings is 3. The molecule has 4 aromatic rings. The van der Waals surface area contributed by atoms with E-state index in [-0.39, 0.29) is 17.4 Å². The molecule has 0 bridgehead atoms. The van der Waals surface area contributed by atoms with Crippen LogP contribution < -0.4 is 4.90 Å². The highest BCUT2D eigenvalue weighted by molar-refractivity contribution is 6.51. The lowest BCUT2D eigenvalue weighted by atomic mass is 9.93. The number of fused-ring (bicyclic) bond motifs is 1. The average molecular weight is 493 g/mol. The van der Waals surface area contributed by atoms with Crippen molar-refractivity contribution in [2.45, 2.75) is 26.0 Å². The topological polar surface area (TPSA) is 96.8 Å². The highest BCUT2D eigenvalue weighted by Gasteiger charge is 2.47. The maximum Gasteiger partial charge on any atom is 0.338 e. The van der Waals surface area contributed by atoms with E-state index in [9.17, 15) is 19.5 Å². The molecule has 5 rings (SSSR count). The fraction of sp³-hybridized carbons (Fsp3) is 0.133. The van der Waals surface area contributed by atoms with Gasteiger partial charge in [-0.3, -0.25) is 19.5 Å². The number of carbonyl (C=O) groups is 3. The molecule has 37 heavy (non-hydrogen) atoms. The summed E-state index contributed by atoms with van der Waals surface area (Å²) in [6.07, 6.45) is 2.86. The number of rotatable bonds is 5. The number of aliphatic hydroxyl groups is 1. The van der Waals surface area contributed by atoms with Gasteiger partial charge >= 0.3 is 5.97 Å². The molecule has 184 valence electrons. The molecule has 1 aromatic heterocycles. The van der Waals surface area contributed by atoms with Crippen molar-refractivity contribution < 1.29 is 24.2 Å². The van der Waals surface area contributed by atoms with E-state index >= 15 is 0 Å². The first kappa shape index (κ1) is 23.9. The van der Waals surface area contributed by atoms with Crippen molar-refractivity contribution in [2.75, 3.05) is 4.90 Å². The number of nitrogens with zero attached hydrogens (tertiary/aromatic N) is 2. The number of Topliss-reactive ketones (excluding diaryl/α,β-unsaturated/α-hetero) is 1. The summed E-state index contributed by atoms with van der Waals surface area (Å²) >= 11 is 0. The summed E-state index contributed by atoms with van der Waals surface area (Å²) < 4.78 is 5.24. The molecule has 1 unspecified atom stereocenters. The minimum Gasteiger partial charge on any atom is -0.507 e. The standard InChI is InChI=1S/C30H24N2O5/c1-18(2)37-30(36)21-10-12-22(13-11-21)32-26(20-14-16-31-17-15-20)25(28(34)29(32)35)27(33)24-9-5-7-19-6-3-4-8-23(19)24/h3-18,26,33H,1-2H3/b27-25-. The Morgan fingerprint density at radius 3 is 2.30 bits per heavy atom. The second-order valence-electron chi connectivity index (χ2n) is 8.98. The van der Waals surface area contributed by atoms with E-state index in [1.54, 1.807) is 74.8 Å². The molecule has 1 saturated heterocycles. The number of amides is 1. The van der Waals surface area contributed by atoms with E-state index in [4.69, 9.17) is 4.74 Å². The molecule has 1 aliphatic heterocycles. The summed E-state index contributed by atoms with van der Waals surface area (Å²) in [5, 5.41) is 13.2. The highest BCUT2D eigenvalue weighted by Crippen LogP contribution is 2.42. The Hall–Kier alpha value is -4.78. The number of anilines is 1. The molecule has 1 fully saturated rings. The third-order valence-electron chi connectivity index (χ3n) is 6.23. The number of aromatic nitrogens is 1. The third-order valence-corrected chi connectivity index (χ3v) is 6.23. The van der Waals surface area contributed by atoms with Crippen LogP contribution in [-0.4, -0.2) is 33.9 Å². The van der Waals surface area contributed by atoms with Gasteiger partial charge in [-0.05, 0) is 66.6 Å². The van der Waals surface area contributed by atoms with Gasteiger partial charge in [0.15, 0.2) is 0 Å². The molecule has 2 heterocycles. The molecule has 1 atom stereocenters. The van der Waals surface area contributed by atoms with Crippen LogP contribution in [0.25, 0.3) is 16.5 Å². The van der Waals surface area contributed by atoms with E-state index in [2.05, 4.69) is 4.98 Å². The molecular formula is C30H24N2O5. The van der Waals surface area contributed by atoms with Gasteiger partial charge < -0.3 is 9.84 Å². The van der Waals surface area contributed by atoms with Crippen molar-refractivity contribution in [3.05, 3.63) is 114 Å². The second kappa shape index (κ2) is 9.70. The van der Waals surface area contributed by atoms with Gasteiger partial charge in [0.2, 0.25) is 0 Å². The largest absolute Gasteiger partial charge is 0.507 e. The summed E-state index contributed by atoms with van der Waals surface area (Å²) in [5.74, 6) is -2.31. The van der Waals surface area contributed by atoms with Crippen LogP contribution in [0.1, 0.15) is 41.4 Å². The molecular weight excluding hydrogens is 468 g/mol. The Kier molecular flexibility index (Phi) is 6.27. The maximum atomic E-state index is 13.4. The lowest BCUT2D eigenvalue weighted by Gasteiger charge is -2.25. The number of esters is 1. The van der Waals surface area contributed by atoms with E-state index < -0.39 is 23.7 Å². The van der Waals surface area contributed by atoms with Gasteiger partial charge in [0.05, 0.1) is 23.3 Å². The quantitative estimate of drug-likeness (QED) is 0.173. The Labute approximate surface area is 213 Å². The first-order chi connectivity index (χ1) is 17.9. The van der Waals surface area contributed by atoms with Crippen LogP contribution in [0, 0.1) is 0 Å². The van der Waals surface area contributed by atoms with Crippen LogP contribution in [0.3, 0.4) is 0 Å². The number of hydrogen-bond donors (Lipinski definition) is 1. The van der Waals surface area contributed by atoms with Gasteiger partial charge in [-0.1, -0.05) is 42.5 Å². The van der Waals surface area contributed by atoms with Crippen LogP contribution in [-0.2, 0) is 14.3 Å². The van der Waals surface area contributed by atoms with Crippen molar-refractivity contribution in [1.29, 1.82) is 0 Å². The van der Waals surface area contributed by atoms with Gasteiger partial charge in [0, 0.05) is 23.6 Å². The zero-order chi connectivity index (χ0) is 26.1. The SMILES string of the molecule is CC(C)OC(=O)c1ccc(N2C(=O)C(=O)/C(=C(\O)c3cccc4ccccc34)C2c2ccncc2)cc1. The number of ether oxygens (including phenoxy) is 1. The first-order valence-corrected chi connectivity index (χ1v) is 11.9. The zero-order valence-corrected chi connectivity index (χ0v) is 20.3. The Bertz CT molecular complexity index is 1540. The van der Waals surface area contributed by atoms with Gasteiger partial charge in [0.25, 0.3) is 11.7 Å². The molecule has 7 heteroatoms. The summed E-state index contributed by atoms with van der Waals surface area (Å²) in [5.41, 5.74) is 1.78. The molecule has 3 aromatic carbocycles. The third kappa shape index (κ3) is 4.36. The fourth-order valence-electron chi connectivity index (χ4n) is 4.58. The van der Waals surface area contributed by atoms with Gasteiger partial charge in [-0.2, -0.15) is 0 Å².